The predicted molar refractivity (Wildman–Crippen MR) is 45.4 cm³/mol. The van der Waals surface area contributed by atoms with E-state index in [1.54, 1.807) is 0 Å². The molecule has 2 aromatic heterocycles. The molecule has 0 amide bonds. The number of aryl methyl sites for hydroxylation is 1. The van der Waals surface area contributed by atoms with Gasteiger partial charge in [-0.25, -0.2) is 9.97 Å². The zero-order valence-electron chi connectivity index (χ0n) is 5.95. The SMILES string of the molecule is Cc1ccn2cc(Br)nc2n1. The molecular formula is C7H6BrN3. The number of nitrogens with zero attached hydrogens (tertiary/aromatic N) is 3. The van der Waals surface area contributed by atoms with Crippen LogP contribution in [0.4, 0.5) is 0 Å². The first-order valence-electron chi connectivity index (χ1n) is 3.23. The highest BCUT2D eigenvalue weighted by atomic mass is 79.9. The zero-order chi connectivity index (χ0) is 7.84. The second-order valence-corrected chi connectivity index (χ2v) is 3.15. The fourth-order valence-electron chi connectivity index (χ4n) is 0.930. The Bertz CT molecular complexity index is 393. The molecule has 0 bridgehead atoms. The quantitative estimate of drug-likeness (QED) is 0.666. The Morgan fingerprint density at radius 2 is 2.27 bits per heavy atom. The van der Waals surface area contributed by atoms with Crippen molar-refractivity contribution in [2.24, 2.45) is 0 Å². The van der Waals surface area contributed by atoms with Gasteiger partial charge < -0.3 is 0 Å². The molecule has 0 aliphatic heterocycles. The fraction of sp³-hybridized carbons (Fsp3) is 0.143. The van der Waals surface area contributed by atoms with Crippen molar-refractivity contribution in [1.29, 1.82) is 0 Å². The van der Waals surface area contributed by atoms with Crippen LogP contribution in [0.5, 0.6) is 0 Å². The third-order valence-corrected chi connectivity index (χ3v) is 1.82. The van der Waals surface area contributed by atoms with E-state index in [0.29, 0.717) is 0 Å². The molecule has 0 N–H and O–H groups in total. The molecule has 0 radical (unpaired) electrons. The Kier molecular flexibility index (Phi) is 1.42. The van der Waals surface area contributed by atoms with Gasteiger partial charge in [0.25, 0.3) is 0 Å². The fourth-order valence-corrected chi connectivity index (χ4v) is 1.31. The lowest BCUT2D eigenvalue weighted by Gasteiger charge is -1.91. The van der Waals surface area contributed by atoms with E-state index in [4.69, 9.17) is 0 Å². The maximum Gasteiger partial charge on any atom is 0.235 e. The molecule has 0 atom stereocenters. The molecule has 2 aromatic rings. The lowest BCUT2D eigenvalue weighted by molar-refractivity contribution is 1.07. The summed E-state index contributed by atoms with van der Waals surface area (Å²) in [4.78, 5) is 8.36. The van der Waals surface area contributed by atoms with Crippen LogP contribution in [0.25, 0.3) is 5.78 Å². The maximum absolute atomic E-state index is 4.22. The second-order valence-electron chi connectivity index (χ2n) is 2.34. The molecule has 0 aromatic carbocycles. The third kappa shape index (κ3) is 1.14. The van der Waals surface area contributed by atoms with Crippen LogP contribution in [0, 0.1) is 6.92 Å². The number of halogens is 1. The lowest BCUT2D eigenvalue weighted by Crippen LogP contribution is -1.88. The second kappa shape index (κ2) is 2.30. The average Bonchev–Trinajstić information content (AvgIpc) is 2.27. The highest BCUT2D eigenvalue weighted by Crippen LogP contribution is 2.08. The third-order valence-electron chi connectivity index (χ3n) is 1.44. The molecule has 2 heterocycles. The summed E-state index contributed by atoms with van der Waals surface area (Å²) in [6.07, 6.45) is 3.82. The van der Waals surface area contributed by atoms with Crippen LogP contribution in [0.15, 0.2) is 23.1 Å². The Labute approximate surface area is 72.2 Å². The first kappa shape index (κ1) is 6.79. The van der Waals surface area contributed by atoms with Crippen LogP contribution in [0.1, 0.15) is 5.69 Å². The van der Waals surface area contributed by atoms with E-state index >= 15 is 0 Å². The molecule has 0 saturated heterocycles. The summed E-state index contributed by atoms with van der Waals surface area (Å²) in [7, 11) is 0. The van der Waals surface area contributed by atoms with Gasteiger partial charge in [-0.15, -0.1) is 0 Å². The van der Waals surface area contributed by atoms with E-state index in [2.05, 4.69) is 25.9 Å². The molecule has 56 valence electrons. The van der Waals surface area contributed by atoms with Gasteiger partial charge in [0.05, 0.1) is 0 Å². The number of hydrogen-bond acceptors (Lipinski definition) is 2. The summed E-state index contributed by atoms with van der Waals surface area (Å²) in [5, 5.41) is 0. The molecule has 11 heavy (non-hydrogen) atoms. The molecule has 0 unspecified atom stereocenters. The number of hydrogen-bond donors (Lipinski definition) is 0. The Morgan fingerprint density at radius 3 is 3.09 bits per heavy atom. The summed E-state index contributed by atoms with van der Waals surface area (Å²) in [5.41, 5.74) is 0.982. The van der Waals surface area contributed by atoms with Crippen LogP contribution in [0.2, 0.25) is 0 Å². The molecule has 3 nitrogen and oxygen atoms in total. The summed E-state index contributed by atoms with van der Waals surface area (Å²) in [6, 6.07) is 1.95. The predicted octanol–water partition coefficient (Wildman–Crippen LogP) is 1.80. The van der Waals surface area contributed by atoms with Gasteiger partial charge in [0, 0.05) is 18.1 Å². The van der Waals surface area contributed by atoms with Gasteiger partial charge in [0.15, 0.2) is 0 Å². The normalized spacial score (nSPS) is 10.7. The first-order valence-corrected chi connectivity index (χ1v) is 4.03. The molecule has 0 aliphatic carbocycles. The number of fused-ring (bicyclic) bond motifs is 1. The van der Waals surface area contributed by atoms with Crippen molar-refractivity contribution in [2.75, 3.05) is 0 Å². The van der Waals surface area contributed by atoms with E-state index in [1.807, 2.05) is 29.8 Å². The topological polar surface area (TPSA) is 30.2 Å². The lowest BCUT2D eigenvalue weighted by atomic mass is 10.5. The van der Waals surface area contributed by atoms with Gasteiger partial charge in [0.1, 0.15) is 4.60 Å². The Morgan fingerprint density at radius 1 is 1.45 bits per heavy atom. The standard InChI is InChI=1S/C7H6BrN3/c1-5-2-3-11-4-6(8)10-7(11)9-5/h2-4H,1H3. The van der Waals surface area contributed by atoms with Crippen molar-refractivity contribution in [2.45, 2.75) is 6.92 Å². The molecule has 0 aliphatic rings. The van der Waals surface area contributed by atoms with Gasteiger partial charge in [-0.1, -0.05) is 0 Å². The summed E-state index contributed by atoms with van der Waals surface area (Å²) < 4.78 is 2.69. The maximum atomic E-state index is 4.22. The monoisotopic (exact) mass is 211 g/mol. The van der Waals surface area contributed by atoms with E-state index < -0.39 is 0 Å². The minimum absolute atomic E-state index is 0.733. The number of imidazole rings is 1. The number of rotatable bonds is 0. The average molecular weight is 212 g/mol. The Balaban J connectivity index is 2.82. The molecule has 4 heteroatoms. The van der Waals surface area contributed by atoms with Gasteiger partial charge in [0.2, 0.25) is 5.78 Å². The first-order chi connectivity index (χ1) is 5.25. The van der Waals surface area contributed by atoms with E-state index in [-0.39, 0.29) is 0 Å². The van der Waals surface area contributed by atoms with Crippen molar-refractivity contribution in [3.05, 3.63) is 28.8 Å². The van der Waals surface area contributed by atoms with Crippen LogP contribution in [0.3, 0.4) is 0 Å². The largest absolute Gasteiger partial charge is 0.290 e. The zero-order valence-corrected chi connectivity index (χ0v) is 7.54. The van der Waals surface area contributed by atoms with Gasteiger partial charge in [-0.05, 0) is 28.9 Å². The summed E-state index contributed by atoms with van der Waals surface area (Å²) >= 11 is 3.28. The summed E-state index contributed by atoms with van der Waals surface area (Å²) in [5.74, 6) is 0.733. The molecular weight excluding hydrogens is 206 g/mol. The van der Waals surface area contributed by atoms with Crippen molar-refractivity contribution in [3.63, 3.8) is 0 Å². The van der Waals surface area contributed by atoms with Crippen molar-refractivity contribution < 1.29 is 0 Å². The molecule has 0 saturated carbocycles. The molecule has 0 fully saturated rings. The van der Waals surface area contributed by atoms with Crippen LogP contribution < -0.4 is 0 Å². The van der Waals surface area contributed by atoms with Crippen LogP contribution in [-0.2, 0) is 0 Å². The minimum Gasteiger partial charge on any atom is -0.290 e. The van der Waals surface area contributed by atoms with Crippen molar-refractivity contribution >= 4 is 21.7 Å². The van der Waals surface area contributed by atoms with Crippen molar-refractivity contribution in [3.8, 4) is 0 Å². The minimum atomic E-state index is 0.733. The smallest absolute Gasteiger partial charge is 0.235 e. The highest BCUT2D eigenvalue weighted by molar-refractivity contribution is 9.10. The highest BCUT2D eigenvalue weighted by Gasteiger charge is 1.97. The summed E-state index contributed by atoms with van der Waals surface area (Å²) in [6.45, 7) is 1.95. The Hall–Kier alpha value is -0.900. The molecule has 0 spiro atoms. The van der Waals surface area contributed by atoms with E-state index in [0.717, 1.165) is 16.1 Å². The van der Waals surface area contributed by atoms with Crippen LogP contribution >= 0.6 is 15.9 Å². The molecule has 2 rings (SSSR count). The van der Waals surface area contributed by atoms with Crippen LogP contribution in [-0.4, -0.2) is 14.4 Å². The van der Waals surface area contributed by atoms with Gasteiger partial charge in [-0.3, -0.25) is 4.40 Å². The van der Waals surface area contributed by atoms with Crippen molar-refractivity contribution in [1.82, 2.24) is 14.4 Å². The van der Waals surface area contributed by atoms with Gasteiger partial charge >= 0.3 is 0 Å². The van der Waals surface area contributed by atoms with E-state index in [9.17, 15) is 0 Å². The van der Waals surface area contributed by atoms with E-state index in [1.165, 1.54) is 0 Å². The van der Waals surface area contributed by atoms with Gasteiger partial charge in [-0.2, -0.15) is 0 Å². The number of aromatic nitrogens is 3.